The summed E-state index contributed by atoms with van der Waals surface area (Å²) >= 11 is 0. The van der Waals surface area contributed by atoms with Crippen LogP contribution in [0.5, 0.6) is 0 Å². The van der Waals surface area contributed by atoms with E-state index in [9.17, 15) is 19.8 Å². The molecule has 8 heteroatoms. The maximum Gasteiger partial charge on any atom is 0.334 e. The fourth-order valence-corrected chi connectivity index (χ4v) is 5.68. The molecule has 28 heavy (non-hydrogen) atoms. The zero-order valence-corrected chi connectivity index (χ0v) is 16.0. The summed E-state index contributed by atoms with van der Waals surface area (Å²) in [6.07, 6.45) is -1.48. The zero-order valence-electron chi connectivity index (χ0n) is 16.0. The summed E-state index contributed by atoms with van der Waals surface area (Å²) in [5.74, 6) is -2.62. The van der Waals surface area contributed by atoms with E-state index >= 15 is 0 Å². The molecule has 152 valence electrons. The Morgan fingerprint density at radius 2 is 2.07 bits per heavy atom. The molecule has 0 bridgehead atoms. The van der Waals surface area contributed by atoms with Crippen LogP contribution in [0.3, 0.4) is 0 Å². The number of fused-ring (bicyclic) bond motifs is 6. The predicted molar refractivity (Wildman–Crippen MR) is 92.8 cm³/mol. The third-order valence-electron chi connectivity index (χ3n) is 7.48. The van der Waals surface area contributed by atoms with Crippen LogP contribution in [-0.2, 0) is 28.5 Å². The quantitative estimate of drug-likeness (QED) is 0.383. The van der Waals surface area contributed by atoms with Crippen LogP contribution < -0.4 is 0 Å². The monoisotopic (exact) mass is 392 g/mol. The molecule has 0 aromatic rings. The molecular weight excluding hydrogens is 368 g/mol. The van der Waals surface area contributed by atoms with Crippen LogP contribution in [0, 0.1) is 11.8 Å². The van der Waals surface area contributed by atoms with Gasteiger partial charge in [-0.1, -0.05) is 12.7 Å². The van der Waals surface area contributed by atoms with Gasteiger partial charge < -0.3 is 29.2 Å². The first-order valence-corrected chi connectivity index (χ1v) is 9.56. The van der Waals surface area contributed by atoms with Crippen molar-refractivity contribution in [1.82, 2.24) is 0 Å². The highest BCUT2D eigenvalue weighted by molar-refractivity contribution is 5.92. The van der Waals surface area contributed by atoms with Crippen molar-refractivity contribution in [2.24, 2.45) is 11.8 Å². The summed E-state index contributed by atoms with van der Waals surface area (Å²) in [6.45, 7) is 9.24. The van der Waals surface area contributed by atoms with E-state index in [4.69, 9.17) is 18.9 Å². The molecular formula is C20H24O8. The van der Waals surface area contributed by atoms with Gasteiger partial charge in [-0.05, 0) is 20.8 Å². The van der Waals surface area contributed by atoms with Crippen molar-refractivity contribution < 1.29 is 38.7 Å². The Labute approximate surface area is 162 Å². The molecule has 2 saturated carbocycles. The Morgan fingerprint density at radius 3 is 2.68 bits per heavy atom. The van der Waals surface area contributed by atoms with Gasteiger partial charge in [-0.25, -0.2) is 9.59 Å². The van der Waals surface area contributed by atoms with Crippen LogP contribution >= 0.6 is 0 Å². The van der Waals surface area contributed by atoms with E-state index in [1.807, 2.05) is 0 Å². The number of esters is 2. The third-order valence-corrected chi connectivity index (χ3v) is 7.48. The second kappa shape index (κ2) is 5.24. The van der Waals surface area contributed by atoms with Crippen molar-refractivity contribution >= 4 is 11.9 Å². The summed E-state index contributed by atoms with van der Waals surface area (Å²) in [5, 5.41) is 22.8. The molecule has 0 amide bonds. The summed E-state index contributed by atoms with van der Waals surface area (Å²) in [4.78, 5) is 24.8. The van der Waals surface area contributed by atoms with E-state index in [-0.39, 0.29) is 12.0 Å². The van der Waals surface area contributed by atoms with Crippen molar-refractivity contribution in [2.45, 2.75) is 68.4 Å². The largest absolute Gasteiger partial charge is 0.458 e. The number of aliphatic hydroxyl groups is 2. The molecule has 3 heterocycles. The number of epoxide rings is 2. The van der Waals surface area contributed by atoms with Crippen molar-refractivity contribution in [3.8, 4) is 0 Å². The number of rotatable bonds is 2. The van der Waals surface area contributed by atoms with E-state index in [0.29, 0.717) is 12.2 Å². The van der Waals surface area contributed by atoms with Crippen LogP contribution in [0.1, 0.15) is 27.2 Å². The SMILES string of the molecule is C=C1C(=O)OC2C1C(OC(=O)/C(C)=C/C)CC1(CO1)C1C(O)C3OC3(C)C21O. The van der Waals surface area contributed by atoms with Gasteiger partial charge in [-0.2, -0.15) is 0 Å². The maximum absolute atomic E-state index is 12.5. The van der Waals surface area contributed by atoms with E-state index in [1.165, 1.54) is 0 Å². The van der Waals surface area contributed by atoms with E-state index in [0.717, 1.165) is 0 Å². The molecule has 0 radical (unpaired) electrons. The average molecular weight is 392 g/mol. The standard InChI is InChI=1S/C20H24O8/c1-5-8(2)16(22)26-10-6-19(7-25-19)13-12(21)15-18(4,28-15)20(13,24)14-11(10)9(3)17(23)27-14/h5,10-15,21,24H,3,6-7H2,1-2,4H3/b8-5+. The minimum absolute atomic E-state index is 0.146. The molecule has 1 spiro atoms. The number of aliphatic hydroxyl groups excluding tert-OH is 1. The third kappa shape index (κ3) is 1.94. The molecule has 9 unspecified atom stereocenters. The molecule has 5 aliphatic rings. The smallest absolute Gasteiger partial charge is 0.334 e. The first-order chi connectivity index (χ1) is 13.1. The zero-order chi connectivity index (χ0) is 20.2. The minimum atomic E-state index is -1.68. The number of ether oxygens (including phenoxy) is 4. The lowest BCUT2D eigenvalue weighted by Gasteiger charge is -2.41. The van der Waals surface area contributed by atoms with Gasteiger partial charge in [0.05, 0.1) is 24.5 Å². The highest BCUT2D eigenvalue weighted by atomic mass is 16.7. The molecule has 2 aliphatic carbocycles. The van der Waals surface area contributed by atoms with E-state index < -0.39 is 65.0 Å². The number of carbonyl (C=O) groups excluding carboxylic acids is 2. The van der Waals surface area contributed by atoms with Gasteiger partial charge in [0.1, 0.15) is 35.1 Å². The Morgan fingerprint density at radius 1 is 1.39 bits per heavy atom. The number of hydrogen-bond donors (Lipinski definition) is 2. The van der Waals surface area contributed by atoms with Crippen LogP contribution in [0.4, 0.5) is 0 Å². The van der Waals surface area contributed by atoms with Crippen molar-refractivity contribution in [1.29, 1.82) is 0 Å². The lowest BCUT2D eigenvalue weighted by atomic mass is 9.71. The first-order valence-electron chi connectivity index (χ1n) is 9.56. The molecule has 0 aromatic carbocycles. The molecule has 9 atom stereocenters. The van der Waals surface area contributed by atoms with Crippen LogP contribution in [0.25, 0.3) is 0 Å². The van der Waals surface area contributed by atoms with Crippen molar-refractivity contribution in [3.05, 3.63) is 23.8 Å². The van der Waals surface area contributed by atoms with E-state index in [1.54, 1.807) is 26.8 Å². The van der Waals surface area contributed by atoms with Gasteiger partial charge in [0.25, 0.3) is 0 Å². The van der Waals surface area contributed by atoms with Gasteiger partial charge in [0, 0.05) is 17.6 Å². The predicted octanol–water partition coefficient (Wildman–Crippen LogP) is 0.0142. The topological polar surface area (TPSA) is 118 Å². The number of carbonyl (C=O) groups is 2. The Hall–Kier alpha value is -1.74. The lowest BCUT2D eigenvalue weighted by Crippen LogP contribution is -2.61. The Kier molecular flexibility index (Phi) is 3.43. The maximum atomic E-state index is 12.5. The van der Waals surface area contributed by atoms with Gasteiger partial charge >= 0.3 is 11.9 Å². The Balaban J connectivity index is 1.61. The fourth-order valence-electron chi connectivity index (χ4n) is 5.68. The van der Waals surface area contributed by atoms with Crippen LogP contribution in [0.2, 0.25) is 0 Å². The molecule has 8 nitrogen and oxygen atoms in total. The molecule has 5 rings (SSSR count). The van der Waals surface area contributed by atoms with Gasteiger partial charge in [0.2, 0.25) is 0 Å². The molecule has 2 N–H and O–H groups in total. The second-order valence-electron chi connectivity index (χ2n) is 8.79. The van der Waals surface area contributed by atoms with Crippen molar-refractivity contribution in [2.75, 3.05) is 6.61 Å². The highest BCUT2D eigenvalue weighted by Gasteiger charge is 2.88. The average Bonchev–Trinajstić information content (AvgIpc) is 3.53. The summed E-state index contributed by atoms with van der Waals surface area (Å²) in [7, 11) is 0. The molecule has 3 aliphatic heterocycles. The highest BCUT2D eigenvalue weighted by Crippen LogP contribution is 2.69. The lowest BCUT2D eigenvalue weighted by molar-refractivity contribution is -0.196. The summed E-state index contributed by atoms with van der Waals surface area (Å²) < 4.78 is 22.7. The second-order valence-corrected chi connectivity index (χ2v) is 8.79. The molecule has 3 saturated heterocycles. The van der Waals surface area contributed by atoms with Crippen molar-refractivity contribution in [3.63, 3.8) is 0 Å². The molecule has 5 fully saturated rings. The Bertz CT molecular complexity index is 828. The van der Waals surface area contributed by atoms with Crippen LogP contribution in [-0.4, -0.2) is 70.0 Å². The fraction of sp³-hybridized carbons (Fsp3) is 0.700. The van der Waals surface area contributed by atoms with Gasteiger partial charge in [-0.3, -0.25) is 0 Å². The van der Waals surface area contributed by atoms with Crippen LogP contribution in [0.15, 0.2) is 23.8 Å². The van der Waals surface area contributed by atoms with E-state index in [2.05, 4.69) is 6.58 Å². The van der Waals surface area contributed by atoms with Gasteiger partial charge in [0.15, 0.2) is 0 Å². The minimum Gasteiger partial charge on any atom is -0.458 e. The summed E-state index contributed by atoms with van der Waals surface area (Å²) in [6, 6.07) is 0. The molecule has 0 aromatic heterocycles. The number of hydrogen-bond acceptors (Lipinski definition) is 8. The number of allylic oxidation sites excluding steroid dienone is 1. The first kappa shape index (κ1) is 18.3. The normalized spacial score (nSPS) is 53.8. The van der Waals surface area contributed by atoms with Gasteiger partial charge in [-0.15, -0.1) is 0 Å². The summed E-state index contributed by atoms with van der Waals surface area (Å²) in [5.41, 5.74) is -3.03.